The van der Waals surface area contributed by atoms with E-state index in [9.17, 15) is 0 Å². The Balaban J connectivity index is -0.0000000600. The first kappa shape index (κ1) is 23.9. The monoisotopic (exact) mass is 312 g/mol. The second kappa shape index (κ2) is 19.1. The first-order valence-electron chi connectivity index (χ1n) is 2.61. The van der Waals surface area contributed by atoms with Crippen molar-refractivity contribution in [1.82, 2.24) is 0 Å². The van der Waals surface area contributed by atoms with Gasteiger partial charge in [0.1, 0.15) is 0 Å². The molecule has 0 aromatic heterocycles. The molecule has 0 saturated heterocycles. The minimum atomic E-state index is -3.13. The fourth-order valence-corrected chi connectivity index (χ4v) is 0. The van der Waals surface area contributed by atoms with Crippen LogP contribution in [-0.2, 0) is 17.8 Å². The van der Waals surface area contributed by atoms with E-state index in [4.69, 9.17) is 56.2 Å². The number of hydrogen-bond acceptors (Lipinski definition) is 4. The molecule has 0 radical (unpaired) electrons. The van der Waals surface area contributed by atoms with Crippen molar-refractivity contribution >= 4 is 36.7 Å². The van der Waals surface area contributed by atoms with Crippen LogP contribution in [-0.4, -0.2) is 75.0 Å². The predicted octanol–water partition coefficient (Wildman–Crippen LogP) is -6.45. The van der Waals surface area contributed by atoms with E-state index in [1.807, 2.05) is 0 Å². The zero-order valence-corrected chi connectivity index (χ0v) is 11.2. The summed E-state index contributed by atoms with van der Waals surface area (Å²) in [5.74, 6) is 0. The molecule has 0 aliphatic rings. The molecule has 0 aromatic rings. The molecule has 0 atom stereocenters. The number of hydrogen-bond donors (Lipinski definition) is 8. The highest BCUT2D eigenvalue weighted by Crippen LogP contribution is 1.28. The Morgan fingerprint density at radius 3 is 0.375 bits per heavy atom. The second-order valence-electron chi connectivity index (χ2n) is 1.13. The van der Waals surface area contributed by atoms with E-state index in [0.29, 0.717) is 0 Å². The third-order valence-corrected chi connectivity index (χ3v) is 0. The molecule has 8 N–H and O–H groups in total. The molecule has 0 amide bonds. The normalized spacial score (nSPS) is 6.00. The van der Waals surface area contributed by atoms with Gasteiger partial charge in [-0.3, -0.25) is 17.8 Å². The highest BCUT2D eigenvalue weighted by atomic mass is 28.3. The van der Waals surface area contributed by atoms with E-state index >= 15 is 0 Å². The summed E-state index contributed by atoms with van der Waals surface area (Å²) in [4.78, 5) is 57.3. The molecular weight excluding hydrogens is 304 g/mol. The van der Waals surface area contributed by atoms with Crippen LogP contribution < -0.4 is 0 Å². The van der Waals surface area contributed by atoms with Crippen LogP contribution in [0.5, 0.6) is 0 Å². The van der Waals surface area contributed by atoms with Gasteiger partial charge in [-0.05, 0) is 0 Å². The SMILES string of the molecule is O=[Si](O)O.O=[Si](O)O.O=[Si](O)O.O=[Si](O)O. The van der Waals surface area contributed by atoms with Crippen molar-refractivity contribution < 1.29 is 56.2 Å². The van der Waals surface area contributed by atoms with Crippen molar-refractivity contribution in [2.24, 2.45) is 0 Å². The Bertz CT molecular complexity index is 153. The van der Waals surface area contributed by atoms with E-state index in [0.717, 1.165) is 0 Å². The van der Waals surface area contributed by atoms with Crippen molar-refractivity contribution in [3.8, 4) is 0 Å². The first-order valence-corrected chi connectivity index (χ1v) is 7.82. The van der Waals surface area contributed by atoms with Crippen LogP contribution >= 0.6 is 0 Å². The Morgan fingerprint density at radius 1 is 0.375 bits per heavy atom. The van der Waals surface area contributed by atoms with E-state index in [-0.39, 0.29) is 0 Å². The lowest BCUT2D eigenvalue weighted by molar-refractivity contribution is 0.328. The Labute approximate surface area is 93.6 Å². The zero-order chi connectivity index (χ0) is 14.3. The quantitative estimate of drug-likeness (QED) is 0.195. The van der Waals surface area contributed by atoms with E-state index in [1.54, 1.807) is 0 Å². The summed E-state index contributed by atoms with van der Waals surface area (Å²) in [7, 11) is -12.5. The summed E-state index contributed by atoms with van der Waals surface area (Å²) in [5.41, 5.74) is 0. The van der Waals surface area contributed by atoms with Gasteiger partial charge in [0.25, 0.3) is 0 Å². The Morgan fingerprint density at radius 2 is 0.375 bits per heavy atom. The lowest BCUT2D eigenvalue weighted by Gasteiger charge is -1.55. The summed E-state index contributed by atoms with van der Waals surface area (Å²) in [6, 6.07) is 0. The van der Waals surface area contributed by atoms with Crippen LogP contribution in [0.2, 0.25) is 0 Å². The van der Waals surface area contributed by atoms with E-state index in [2.05, 4.69) is 0 Å². The van der Waals surface area contributed by atoms with Crippen LogP contribution in [0.3, 0.4) is 0 Å². The number of rotatable bonds is 0. The maximum absolute atomic E-state index is 8.74. The van der Waals surface area contributed by atoms with Gasteiger partial charge in [-0.2, -0.15) is 0 Å². The Kier molecular flexibility index (Phi) is 28.6. The lowest BCUT2D eigenvalue weighted by Crippen LogP contribution is -1.90. The smallest absolute Gasteiger partial charge is 0.511 e. The molecule has 0 saturated carbocycles. The molecule has 0 fully saturated rings. The highest BCUT2D eigenvalue weighted by Gasteiger charge is 1.86. The van der Waals surface area contributed by atoms with Gasteiger partial charge < -0.3 is 38.4 Å². The largest absolute Gasteiger partial charge is 0.761 e. The highest BCUT2D eigenvalue weighted by molar-refractivity contribution is 6.22. The molecule has 0 rings (SSSR count). The van der Waals surface area contributed by atoms with Crippen LogP contribution in [0.25, 0.3) is 0 Å². The van der Waals surface area contributed by atoms with Crippen molar-refractivity contribution in [3.63, 3.8) is 0 Å². The molecule has 0 aliphatic heterocycles. The van der Waals surface area contributed by atoms with Gasteiger partial charge in [-0.25, -0.2) is 0 Å². The summed E-state index contributed by atoms with van der Waals surface area (Å²) < 4.78 is 35.0. The predicted molar refractivity (Wildman–Crippen MR) is 43.5 cm³/mol. The molecule has 0 aliphatic carbocycles. The molecule has 96 valence electrons. The maximum Gasteiger partial charge on any atom is 0.761 e. The van der Waals surface area contributed by atoms with Gasteiger partial charge in [-0.15, -0.1) is 0 Å². The van der Waals surface area contributed by atoms with Crippen molar-refractivity contribution in [2.45, 2.75) is 0 Å². The van der Waals surface area contributed by atoms with Gasteiger partial charge in [0.15, 0.2) is 0 Å². The minimum Gasteiger partial charge on any atom is -0.511 e. The van der Waals surface area contributed by atoms with Crippen LogP contribution in [0, 0.1) is 0 Å². The summed E-state index contributed by atoms with van der Waals surface area (Å²) >= 11 is 0. The third kappa shape index (κ3) is 698. The van der Waals surface area contributed by atoms with Crippen molar-refractivity contribution in [1.29, 1.82) is 0 Å². The average molecular weight is 312 g/mol. The van der Waals surface area contributed by atoms with Gasteiger partial charge in [0, 0.05) is 0 Å². The Hall–Kier alpha value is -1.53. The summed E-state index contributed by atoms with van der Waals surface area (Å²) in [6.07, 6.45) is 0. The van der Waals surface area contributed by atoms with Gasteiger partial charge in [0.2, 0.25) is 0 Å². The standard InChI is InChI=1S/4H2O3Si/c4*1-4(2)3/h4*1-2H. The molecule has 12 nitrogen and oxygen atoms in total. The van der Waals surface area contributed by atoms with Crippen LogP contribution in [0.1, 0.15) is 0 Å². The average Bonchev–Trinajstić information content (AvgIpc) is 1.76. The zero-order valence-electron chi connectivity index (χ0n) is 7.21. The first-order chi connectivity index (χ1) is 6.93. The van der Waals surface area contributed by atoms with Gasteiger partial charge in [-0.1, -0.05) is 0 Å². The molecule has 0 spiro atoms. The fraction of sp³-hybridized carbons (Fsp3) is 0. The molecule has 0 unspecified atom stereocenters. The molecule has 16 heavy (non-hydrogen) atoms. The van der Waals surface area contributed by atoms with Crippen molar-refractivity contribution in [2.75, 3.05) is 0 Å². The molecule has 16 heteroatoms. The summed E-state index contributed by atoms with van der Waals surface area (Å²) in [6.45, 7) is 0. The molecular formula is H8O12Si4. The topological polar surface area (TPSA) is 230 Å². The lowest BCUT2D eigenvalue weighted by atomic mass is 15.8. The molecule has 0 aromatic carbocycles. The van der Waals surface area contributed by atoms with Crippen molar-refractivity contribution in [3.05, 3.63) is 0 Å². The molecule has 0 bridgehead atoms. The second-order valence-corrected chi connectivity index (χ2v) is 3.39. The molecule has 0 heterocycles. The van der Waals surface area contributed by atoms with Gasteiger partial charge >= 0.3 is 36.7 Å². The minimum absolute atomic E-state index is 3.13. The fourth-order valence-electron chi connectivity index (χ4n) is 0. The third-order valence-electron chi connectivity index (χ3n) is 0. The van der Waals surface area contributed by atoms with Crippen LogP contribution in [0.4, 0.5) is 0 Å². The van der Waals surface area contributed by atoms with E-state index < -0.39 is 36.7 Å². The van der Waals surface area contributed by atoms with E-state index in [1.165, 1.54) is 0 Å². The van der Waals surface area contributed by atoms with Gasteiger partial charge in [0.05, 0.1) is 0 Å². The summed E-state index contributed by atoms with van der Waals surface area (Å²) in [5, 5.41) is 0. The van der Waals surface area contributed by atoms with Crippen LogP contribution in [0.15, 0.2) is 0 Å². The maximum atomic E-state index is 8.74.